The molecule has 0 saturated heterocycles. The number of ether oxygens (including phenoxy) is 1. The Labute approximate surface area is 165 Å². The molecule has 3 aromatic rings. The summed E-state index contributed by atoms with van der Waals surface area (Å²) >= 11 is 2.23. The van der Waals surface area contributed by atoms with E-state index >= 15 is 0 Å². The molecule has 0 spiro atoms. The molecule has 9 nitrogen and oxygen atoms in total. The molecule has 1 amide bonds. The van der Waals surface area contributed by atoms with Gasteiger partial charge in [0.05, 0.1) is 29.6 Å². The van der Waals surface area contributed by atoms with E-state index < -0.39 is 17.3 Å². The second-order valence-corrected chi connectivity index (χ2v) is 7.55. The van der Waals surface area contributed by atoms with Crippen molar-refractivity contribution in [2.24, 2.45) is 0 Å². The Morgan fingerprint density at radius 1 is 1.36 bits per heavy atom. The molecule has 12 heteroatoms. The van der Waals surface area contributed by atoms with E-state index in [0.29, 0.717) is 16.5 Å². The minimum Gasteiger partial charge on any atom is -0.465 e. The molecule has 0 radical (unpaired) electrons. The van der Waals surface area contributed by atoms with E-state index in [2.05, 4.69) is 20.5 Å². The van der Waals surface area contributed by atoms with Crippen LogP contribution in [0.3, 0.4) is 0 Å². The lowest BCUT2D eigenvalue weighted by atomic mass is 10.2. The molecule has 1 aromatic carbocycles. The smallest absolute Gasteiger partial charge is 0.316 e. The minimum atomic E-state index is -0.560. The van der Waals surface area contributed by atoms with Crippen LogP contribution < -0.4 is 10.9 Å². The molecule has 0 saturated carbocycles. The third-order valence-corrected chi connectivity index (χ3v) is 5.32. The summed E-state index contributed by atoms with van der Waals surface area (Å²) in [6.07, 6.45) is 1.23. The predicted molar refractivity (Wildman–Crippen MR) is 102 cm³/mol. The van der Waals surface area contributed by atoms with Crippen LogP contribution in [0.5, 0.6) is 0 Å². The number of amides is 1. The van der Waals surface area contributed by atoms with Gasteiger partial charge < -0.3 is 4.74 Å². The fourth-order valence-electron chi connectivity index (χ4n) is 2.20. The van der Waals surface area contributed by atoms with Crippen LogP contribution in [0.2, 0.25) is 0 Å². The summed E-state index contributed by atoms with van der Waals surface area (Å²) in [6, 6.07) is 3.68. The number of carbonyl (C=O) groups excluding carboxylic acids is 2. The van der Waals surface area contributed by atoms with Crippen molar-refractivity contribution >= 4 is 51.0 Å². The zero-order chi connectivity index (χ0) is 20.1. The molecule has 2 aromatic heterocycles. The van der Waals surface area contributed by atoms with Gasteiger partial charge in [0, 0.05) is 0 Å². The molecule has 0 fully saturated rings. The number of hydrogen-bond donors (Lipinski definition) is 1. The van der Waals surface area contributed by atoms with Gasteiger partial charge in [0.1, 0.15) is 12.4 Å². The molecule has 0 bridgehead atoms. The summed E-state index contributed by atoms with van der Waals surface area (Å²) in [4.78, 5) is 39.9. The first-order valence-corrected chi connectivity index (χ1v) is 9.83. The minimum absolute atomic E-state index is 0.0869. The molecule has 2 heterocycles. The summed E-state index contributed by atoms with van der Waals surface area (Å²) in [5.74, 6) is -1.36. The number of nitrogens with zero attached hydrogens (tertiary/aromatic N) is 4. The Morgan fingerprint density at radius 3 is 2.96 bits per heavy atom. The molecule has 3 rings (SSSR count). The average molecular weight is 423 g/mol. The summed E-state index contributed by atoms with van der Waals surface area (Å²) < 4.78 is 19.7. The number of thioether (sulfide) groups is 1. The van der Waals surface area contributed by atoms with Crippen molar-refractivity contribution in [3.8, 4) is 0 Å². The Bertz CT molecular complexity index is 1080. The lowest BCUT2D eigenvalue weighted by Crippen LogP contribution is -2.27. The van der Waals surface area contributed by atoms with E-state index in [1.54, 1.807) is 6.92 Å². The molecule has 1 N–H and O–H groups in total. The summed E-state index contributed by atoms with van der Waals surface area (Å²) in [5, 5.41) is 10.5. The van der Waals surface area contributed by atoms with Crippen LogP contribution in [0.4, 0.5) is 9.52 Å². The van der Waals surface area contributed by atoms with Crippen LogP contribution in [0, 0.1) is 5.82 Å². The number of halogens is 1. The monoisotopic (exact) mass is 423 g/mol. The van der Waals surface area contributed by atoms with Gasteiger partial charge in [-0.05, 0) is 25.1 Å². The number of esters is 1. The maximum atomic E-state index is 13.4. The SMILES string of the molecule is CCOC(=O)CSc1nnc(NC(=O)Cn2cnc3ccc(F)cc3c2=O)s1. The quantitative estimate of drug-likeness (QED) is 0.347. The third-order valence-electron chi connectivity index (χ3n) is 3.37. The molecular formula is C16H14FN5O4S2. The van der Waals surface area contributed by atoms with Gasteiger partial charge in [0.2, 0.25) is 11.0 Å². The Morgan fingerprint density at radius 2 is 2.18 bits per heavy atom. The van der Waals surface area contributed by atoms with Crippen LogP contribution >= 0.6 is 23.1 Å². The van der Waals surface area contributed by atoms with E-state index in [1.165, 1.54) is 18.5 Å². The highest BCUT2D eigenvalue weighted by Gasteiger charge is 2.13. The van der Waals surface area contributed by atoms with Gasteiger partial charge in [-0.15, -0.1) is 10.2 Å². The van der Waals surface area contributed by atoms with E-state index in [0.717, 1.165) is 33.7 Å². The number of nitrogens with one attached hydrogen (secondary N) is 1. The van der Waals surface area contributed by atoms with E-state index in [1.807, 2.05) is 0 Å². The van der Waals surface area contributed by atoms with Gasteiger partial charge in [-0.1, -0.05) is 23.1 Å². The summed E-state index contributed by atoms with van der Waals surface area (Å²) in [5.41, 5.74) is -0.182. The third kappa shape index (κ3) is 4.89. The number of rotatable bonds is 7. The van der Waals surface area contributed by atoms with Crippen LogP contribution in [-0.2, 0) is 20.9 Å². The maximum Gasteiger partial charge on any atom is 0.316 e. The van der Waals surface area contributed by atoms with Crippen LogP contribution in [0.25, 0.3) is 10.9 Å². The Kier molecular flexibility index (Phi) is 6.31. The van der Waals surface area contributed by atoms with Crippen LogP contribution in [0.15, 0.2) is 33.7 Å². The van der Waals surface area contributed by atoms with Crippen molar-refractivity contribution in [3.63, 3.8) is 0 Å². The van der Waals surface area contributed by atoms with Gasteiger partial charge in [-0.25, -0.2) is 9.37 Å². The molecule has 0 unspecified atom stereocenters. The fourth-order valence-corrected chi connectivity index (χ4v) is 3.77. The Hall–Kier alpha value is -2.86. The lowest BCUT2D eigenvalue weighted by Gasteiger charge is -2.06. The zero-order valence-corrected chi connectivity index (χ0v) is 16.2. The van der Waals surface area contributed by atoms with E-state index in [4.69, 9.17) is 4.74 Å². The average Bonchev–Trinajstić information content (AvgIpc) is 3.10. The van der Waals surface area contributed by atoms with E-state index in [9.17, 15) is 18.8 Å². The summed E-state index contributed by atoms with van der Waals surface area (Å²) in [7, 11) is 0. The van der Waals surface area contributed by atoms with Gasteiger partial charge in [0.25, 0.3) is 5.56 Å². The number of anilines is 1. The van der Waals surface area contributed by atoms with Gasteiger partial charge in [-0.2, -0.15) is 0 Å². The van der Waals surface area contributed by atoms with Crippen LogP contribution in [0.1, 0.15) is 6.92 Å². The second-order valence-electron chi connectivity index (χ2n) is 5.35. The van der Waals surface area contributed by atoms with Crippen molar-refractivity contribution in [2.45, 2.75) is 17.8 Å². The van der Waals surface area contributed by atoms with Gasteiger partial charge in [0.15, 0.2) is 4.34 Å². The molecule has 28 heavy (non-hydrogen) atoms. The predicted octanol–water partition coefficient (Wildman–Crippen LogP) is 1.68. The second kappa shape index (κ2) is 8.89. The number of carbonyl (C=O) groups is 2. The highest BCUT2D eigenvalue weighted by molar-refractivity contribution is 8.01. The first kappa shape index (κ1) is 19.9. The molecule has 0 aliphatic rings. The van der Waals surface area contributed by atoms with Crippen molar-refractivity contribution in [2.75, 3.05) is 17.7 Å². The first-order chi connectivity index (χ1) is 13.5. The normalized spacial score (nSPS) is 10.8. The number of benzene rings is 1. The number of fused-ring (bicyclic) bond motifs is 1. The van der Waals surface area contributed by atoms with Crippen molar-refractivity contribution in [1.82, 2.24) is 19.7 Å². The van der Waals surface area contributed by atoms with Crippen LogP contribution in [-0.4, -0.2) is 44.0 Å². The molecule has 0 aliphatic heterocycles. The molecule has 146 valence electrons. The van der Waals surface area contributed by atoms with Gasteiger partial charge in [-0.3, -0.25) is 24.3 Å². The van der Waals surface area contributed by atoms with Crippen molar-refractivity contribution in [1.29, 1.82) is 0 Å². The molecule has 0 atom stereocenters. The standard InChI is InChI=1S/C16H14FN5O4S2/c1-2-26-13(24)7-27-16-21-20-15(28-16)19-12(23)6-22-8-18-11-4-3-9(17)5-10(11)14(22)25/h3-5,8H,2,6-7H2,1H3,(H,19,20,23). The maximum absolute atomic E-state index is 13.4. The molecular weight excluding hydrogens is 409 g/mol. The summed E-state index contributed by atoms with van der Waals surface area (Å²) in [6.45, 7) is 1.70. The van der Waals surface area contributed by atoms with Crippen molar-refractivity contribution < 1.29 is 18.7 Å². The van der Waals surface area contributed by atoms with Crippen molar-refractivity contribution in [3.05, 3.63) is 40.7 Å². The largest absolute Gasteiger partial charge is 0.465 e. The Balaban J connectivity index is 1.63. The number of aromatic nitrogens is 4. The number of hydrogen-bond acceptors (Lipinski definition) is 9. The highest BCUT2D eigenvalue weighted by atomic mass is 32.2. The lowest BCUT2D eigenvalue weighted by molar-refractivity contribution is -0.139. The van der Waals surface area contributed by atoms with Gasteiger partial charge >= 0.3 is 5.97 Å². The fraction of sp³-hybridized carbons (Fsp3) is 0.250. The highest BCUT2D eigenvalue weighted by Crippen LogP contribution is 2.25. The first-order valence-electron chi connectivity index (χ1n) is 8.02. The molecule has 0 aliphatic carbocycles. The topological polar surface area (TPSA) is 116 Å². The van der Waals surface area contributed by atoms with E-state index in [-0.39, 0.29) is 28.8 Å². The zero-order valence-electron chi connectivity index (χ0n) is 14.5.